The van der Waals surface area contributed by atoms with Gasteiger partial charge in [0.1, 0.15) is 5.75 Å². The monoisotopic (exact) mass is 269 g/mol. The quantitative estimate of drug-likeness (QED) is 0.860. The lowest BCUT2D eigenvalue weighted by molar-refractivity contribution is 0.388. The van der Waals surface area contributed by atoms with Gasteiger partial charge in [-0.05, 0) is 45.1 Å². The number of aromatic hydroxyl groups is 1. The molecule has 1 unspecified atom stereocenters. The Hall–Kier alpha value is -1.80. The minimum absolute atomic E-state index is 0.261. The van der Waals surface area contributed by atoms with Crippen LogP contribution in [0.4, 0.5) is 0 Å². The van der Waals surface area contributed by atoms with E-state index in [0.717, 1.165) is 24.9 Å². The van der Waals surface area contributed by atoms with Crippen LogP contribution in [-0.2, 0) is 0 Å². The molecule has 2 nitrogen and oxygen atoms in total. The zero-order chi connectivity index (χ0) is 14.4. The van der Waals surface area contributed by atoms with E-state index in [-0.39, 0.29) is 5.92 Å². The molecular formula is C18H23NO. The number of benzene rings is 2. The molecule has 1 N–H and O–H groups in total. The van der Waals surface area contributed by atoms with Crippen LogP contribution in [-0.4, -0.2) is 30.6 Å². The second-order valence-corrected chi connectivity index (χ2v) is 5.47. The summed E-state index contributed by atoms with van der Waals surface area (Å²) in [4.78, 5) is 2.20. The third-order valence-corrected chi connectivity index (χ3v) is 3.61. The van der Waals surface area contributed by atoms with E-state index in [2.05, 4.69) is 43.3 Å². The summed E-state index contributed by atoms with van der Waals surface area (Å²) in [6, 6.07) is 18.1. The van der Waals surface area contributed by atoms with Gasteiger partial charge in [0.25, 0.3) is 0 Å². The summed E-state index contributed by atoms with van der Waals surface area (Å²) in [7, 11) is 4.19. The van der Waals surface area contributed by atoms with E-state index in [9.17, 15) is 5.11 Å². The standard InChI is InChI=1S/C18H23NO/c1-19(2)14-8-12-16(15-9-4-3-5-10-15)17-11-6-7-13-18(17)20/h3-7,9-11,13,16,20H,8,12,14H2,1-2H3. The summed E-state index contributed by atoms with van der Waals surface area (Å²) in [6.07, 6.45) is 2.15. The van der Waals surface area contributed by atoms with Crippen LogP contribution in [0.3, 0.4) is 0 Å². The van der Waals surface area contributed by atoms with Crippen molar-refractivity contribution in [1.29, 1.82) is 0 Å². The van der Waals surface area contributed by atoms with Crippen molar-refractivity contribution in [3.63, 3.8) is 0 Å². The highest BCUT2D eigenvalue weighted by atomic mass is 16.3. The molecular weight excluding hydrogens is 246 g/mol. The Morgan fingerprint density at radius 3 is 2.25 bits per heavy atom. The third kappa shape index (κ3) is 3.84. The second kappa shape index (κ2) is 7.11. The van der Waals surface area contributed by atoms with Gasteiger partial charge in [-0.3, -0.25) is 0 Å². The Bertz CT molecular complexity index is 522. The van der Waals surface area contributed by atoms with Gasteiger partial charge in [0, 0.05) is 11.5 Å². The van der Waals surface area contributed by atoms with Gasteiger partial charge in [0.05, 0.1) is 0 Å². The largest absolute Gasteiger partial charge is 0.508 e. The van der Waals surface area contributed by atoms with Gasteiger partial charge in [-0.25, -0.2) is 0 Å². The molecule has 0 fully saturated rings. The maximum absolute atomic E-state index is 10.1. The smallest absolute Gasteiger partial charge is 0.119 e. The van der Waals surface area contributed by atoms with Crippen molar-refractivity contribution in [1.82, 2.24) is 4.90 Å². The minimum atomic E-state index is 0.261. The van der Waals surface area contributed by atoms with Crippen LogP contribution >= 0.6 is 0 Å². The first-order valence-electron chi connectivity index (χ1n) is 7.16. The number of hydrogen-bond acceptors (Lipinski definition) is 2. The highest BCUT2D eigenvalue weighted by Gasteiger charge is 2.16. The molecule has 0 heterocycles. The van der Waals surface area contributed by atoms with E-state index in [1.54, 1.807) is 6.07 Å². The van der Waals surface area contributed by atoms with Gasteiger partial charge in [-0.1, -0.05) is 48.5 Å². The fourth-order valence-corrected chi connectivity index (χ4v) is 2.58. The summed E-state index contributed by atoms with van der Waals surface area (Å²) in [5, 5.41) is 10.1. The van der Waals surface area contributed by atoms with Gasteiger partial charge in [0.2, 0.25) is 0 Å². The Morgan fingerprint density at radius 2 is 1.60 bits per heavy atom. The molecule has 0 saturated carbocycles. The molecule has 0 aliphatic carbocycles. The van der Waals surface area contributed by atoms with E-state index in [1.165, 1.54) is 5.56 Å². The normalized spacial score (nSPS) is 12.6. The van der Waals surface area contributed by atoms with Gasteiger partial charge in [0.15, 0.2) is 0 Å². The first-order valence-corrected chi connectivity index (χ1v) is 7.16. The number of phenols is 1. The fraction of sp³-hybridized carbons (Fsp3) is 0.333. The average molecular weight is 269 g/mol. The first-order chi connectivity index (χ1) is 9.68. The van der Waals surface area contributed by atoms with E-state index < -0.39 is 0 Å². The topological polar surface area (TPSA) is 23.5 Å². The predicted molar refractivity (Wildman–Crippen MR) is 84.2 cm³/mol. The third-order valence-electron chi connectivity index (χ3n) is 3.61. The number of hydrogen-bond donors (Lipinski definition) is 1. The maximum atomic E-state index is 10.1. The summed E-state index contributed by atoms with van der Waals surface area (Å²) in [6.45, 7) is 1.07. The van der Waals surface area contributed by atoms with Crippen molar-refractivity contribution < 1.29 is 5.11 Å². The van der Waals surface area contributed by atoms with Gasteiger partial charge >= 0.3 is 0 Å². The highest BCUT2D eigenvalue weighted by molar-refractivity contribution is 5.41. The van der Waals surface area contributed by atoms with Gasteiger partial charge < -0.3 is 10.0 Å². The predicted octanol–water partition coefficient (Wildman–Crippen LogP) is 3.87. The van der Waals surface area contributed by atoms with Crippen LogP contribution in [0.2, 0.25) is 0 Å². The molecule has 2 aromatic carbocycles. The summed E-state index contributed by atoms with van der Waals surface area (Å²) < 4.78 is 0. The van der Waals surface area contributed by atoms with Crippen LogP contribution in [0.5, 0.6) is 5.75 Å². The molecule has 0 bridgehead atoms. The van der Waals surface area contributed by atoms with E-state index in [1.807, 2.05) is 24.3 Å². The lowest BCUT2D eigenvalue weighted by Crippen LogP contribution is -2.14. The molecule has 1 atom stereocenters. The van der Waals surface area contributed by atoms with E-state index >= 15 is 0 Å². The van der Waals surface area contributed by atoms with Crippen molar-refractivity contribution in [3.05, 3.63) is 65.7 Å². The second-order valence-electron chi connectivity index (χ2n) is 5.47. The number of rotatable bonds is 6. The molecule has 106 valence electrons. The molecule has 0 aliphatic heterocycles. The molecule has 20 heavy (non-hydrogen) atoms. The first kappa shape index (κ1) is 14.6. The molecule has 0 radical (unpaired) electrons. The molecule has 2 aromatic rings. The zero-order valence-corrected chi connectivity index (χ0v) is 12.3. The lowest BCUT2D eigenvalue weighted by Gasteiger charge is -2.20. The lowest BCUT2D eigenvalue weighted by atomic mass is 9.87. The summed E-state index contributed by atoms with van der Waals surface area (Å²) in [5.41, 5.74) is 2.30. The van der Waals surface area contributed by atoms with Crippen molar-refractivity contribution in [2.45, 2.75) is 18.8 Å². The average Bonchev–Trinajstić information content (AvgIpc) is 2.45. The van der Waals surface area contributed by atoms with Crippen LogP contribution in [0.15, 0.2) is 54.6 Å². The van der Waals surface area contributed by atoms with E-state index in [0.29, 0.717) is 5.75 Å². The Balaban J connectivity index is 2.23. The molecule has 2 rings (SSSR count). The van der Waals surface area contributed by atoms with Crippen LogP contribution < -0.4 is 0 Å². The molecule has 0 aromatic heterocycles. The van der Waals surface area contributed by atoms with Gasteiger partial charge in [-0.2, -0.15) is 0 Å². The SMILES string of the molecule is CN(C)CCCC(c1ccccc1)c1ccccc1O. The number of phenolic OH excluding ortho intramolecular Hbond substituents is 1. The van der Waals surface area contributed by atoms with Gasteiger partial charge in [-0.15, -0.1) is 0 Å². The Morgan fingerprint density at radius 1 is 0.950 bits per heavy atom. The van der Waals surface area contributed by atoms with Crippen molar-refractivity contribution in [2.75, 3.05) is 20.6 Å². The molecule has 2 heteroatoms. The summed E-state index contributed by atoms with van der Waals surface area (Å²) in [5.74, 6) is 0.656. The molecule has 0 saturated heterocycles. The highest BCUT2D eigenvalue weighted by Crippen LogP contribution is 2.34. The molecule has 0 spiro atoms. The van der Waals surface area contributed by atoms with Crippen molar-refractivity contribution in [3.8, 4) is 5.75 Å². The van der Waals surface area contributed by atoms with Crippen molar-refractivity contribution >= 4 is 0 Å². The fourth-order valence-electron chi connectivity index (χ4n) is 2.58. The number of para-hydroxylation sites is 1. The Labute approximate surface area is 121 Å². The summed E-state index contributed by atoms with van der Waals surface area (Å²) >= 11 is 0. The van der Waals surface area contributed by atoms with Crippen LogP contribution in [0.1, 0.15) is 29.9 Å². The molecule has 0 amide bonds. The Kier molecular flexibility index (Phi) is 5.19. The van der Waals surface area contributed by atoms with Crippen molar-refractivity contribution in [2.24, 2.45) is 0 Å². The molecule has 0 aliphatic rings. The minimum Gasteiger partial charge on any atom is -0.508 e. The van der Waals surface area contributed by atoms with E-state index in [4.69, 9.17) is 0 Å². The number of nitrogens with zero attached hydrogens (tertiary/aromatic N) is 1. The maximum Gasteiger partial charge on any atom is 0.119 e. The zero-order valence-electron chi connectivity index (χ0n) is 12.3. The van der Waals surface area contributed by atoms with Crippen LogP contribution in [0, 0.1) is 0 Å². The van der Waals surface area contributed by atoms with Crippen LogP contribution in [0.25, 0.3) is 0 Å².